The number of hydrogen-bond acceptors (Lipinski definition) is 5. The van der Waals surface area contributed by atoms with E-state index in [1.54, 1.807) is 18.4 Å². The molecule has 0 saturated heterocycles. The summed E-state index contributed by atoms with van der Waals surface area (Å²) >= 11 is 1.68. The highest BCUT2D eigenvalue weighted by Gasteiger charge is 2.13. The molecule has 1 aromatic heterocycles. The second-order valence-electron chi connectivity index (χ2n) is 4.81. The maximum atomic E-state index is 5.60. The van der Waals surface area contributed by atoms with Gasteiger partial charge < -0.3 is 14.8 Å². The van der Waals surface area contributed by atoms with Gasteiger partial charge in [-0.1, -0.05) is 12.1 Å². The van der Waals surface area contributed by atoms with E-state index in [1.165, 1.54) is 0 Å². The molecule has 1 N–H and O–H groups in total. The summed E-state index contributed by atoms with van der Waals surface area (Å²) in [6.45, 7) is 7.45. The smallest absolute Gasteiger partial charge is 0.165 e. The first kappa shape index (κ1) is 15.8. The number of nitrogens with zero attached hydrogens (tertiary/aromatic N) is 1. The number of aryl methyl sites for hydroxylation is 1. The van der Waals surface area contributed by atoms with E-state index in [4.69, 9.17) is 9.47 Å². The highest BCUT2D eigenvalue weighted by atomic mass is 32.1. The van der Waals surface area contributed by atoms with E-state index in [1.807, 2.05) is 32.0 Å². The third-order valence-electron chi connectivity index (χ3n) is 3.17. The summed E-state index contributed by atoms with van der Waals surface area (Å²) in [6, 6.07) is 6.18. The van der Waals surface area contributed by atoms with Crippen molar-refractivity contribution < 1.29 is 9.47 Å². The van der Waals surface area contributed by atoms with Crippen molar-refractivity contribution in [2.75, 3.05) is 13.7 Å². The van der Waals surface area contributed by atoms with Gasteiger partial charge in [-0.15, -0.1) is 11.3 Å². The van der Waals surface area contributed by atoms with Crippen LogP contribution < -0.4 is 14.8 Å². The predicted octanol–water partition coefficient (Wildman–Crippen LogP) is 3.71. The molecule has 114 valence electrons. The van der Waals surface area contributed by atoms with Crippen molar-refractivity contribution in [3.63, 3.8) is 0 Å². The summed E-state index contributed by atoms with van der Waals surface area (Å²) in [6.07, 6.45) is 0. The molecule has 4 nitrogen and oxygen atoms in total. The molecule has 1 unspecified atom stereocenters. The molecule has 0 fully saturated rings. The zero-order valence-corrected chi connectivity index (χ0v) is 13.8. The molecule has 0 saturated carbocycles. The van der Waals surface area contributed by atoms with E-state index in [0.29, 0.717) is 13.2 Å². The van der Waals surface area contributed by atoms with E-state index < -0.39 is 0 Å². The average Bonchev–Trinajstić information content (AvgIpc) is 2.92. The van der Waals surface area contributed by atoms with Crippen molar-refractivity contribution in [1.29, 1.82) is 0 Å². The van der Waals surface area contributed by atoms with E-state index >= 15 is 0 Å². The maximum Gasteiger partial charge on any atom is 0.165 e. The van der Waals surface area contributed by atoms with Crippen LogP contribution in [-0.2, 0) is 6.54 Å². The molecule has 1 aromatic carbocycles. The van der Waals surface area contributed by atoms with Gasteiger partial charge in [0, 0.05) is 23.2 Å². The van der Waals surface area contributed by atoms with Crippen LogP contribution in [0, 0.1) is 6.92 Å². The Bertz CT molecular complexity index is 583. The molecule has 0 aliphatic heterocycles. The van der Waals surface area contributed by atoms with Crippen LogP contribution in [0.25, 0.3) is 0 Å². The second-order valence-corrected chi connectivity index (χ2v) is 5.70. The highest BCUT2D eigenvalue weighted by molar-refractivity contribution is 7.09. The van der Waals surface area contributed by atoms with Crippen LogP contribution in [0.5, 0.6) is 11.5 Å². The summed E-state index contributed by atoms with van der Waals surface area (Å²) in [5.41, 5.74) is 2.16. The Hall–Kier alpha value is -1.59. The lowest BCUT2D eigenvalue weighted by atomic mass is 10.1. The van der Waals surface area contributed by atoms with E-state index in [2.05, 4.69) is 22.6 Å². The molecular weight excluding hydrogens is 284 g/mol. The lowest BCUT2D eigenvalue weighted by molar-refractivity contribution is 0.308. The van der Waals surface area contributed by atoms with E-state index in [9.17, 15) is 0 Å². The second kappa shape index (κ2) is 7.43. The zero-order chi connectivity index (χ0) is 15.2. The first-order valence-electron chi connectivity index (χ1n) is 7.09. The fourth-order valence-electron chi connectivity index (χ4n) is 2.12. The van der Waals surface area contributed by atoms with Gasteiger partial charge in [-0.3, -0.25) is 0 Å². The number of methoxy groups -OCH3 is 1. The number of aromatic nitrogens is 1. The van der Waals surface area contributed by atoms with Crippen molar-refractivity contribution in [3.05, 3.63) is 39.8 Å². The molecule has 5 heteroatoms. The van der Waals surface area contributed by atoms with Crippen molar-refractivity contribution in [1.82, 2.24) is 10.3 Å². The molecule has 1 heterocycles. The monoisotopic (exact) mass is 306 g/mol. The number of ether oxygens (including phenoxy) is 2. The zero-order valence-electron chi connectivity index (χ0n) is 13.0. The van der Waals surface area contributed by atoms with E-state index in [0.717, 1.165) is 27.8 Å². The predicted molar refractivity (Wildman–Crippen MR) is 86.3 cm³/mol. The SMILES string of the molecule is CCOc1cccc(CNC(C)c2nc(C)cs2)c1OC. The Morgan fingerprint density at radius 2 is 2.19 bits per heavy atom. The fourth-order valence-corrected chi connectivity index (χ4v) is 2.95. The summed E-state index contributed by atoms with van der Waals surface area (Å²) in [4.78, 5) is 4.51. The third kappa shape index (κ3) is 3.95. The highest BCUT2D eigenvalue weighted by Crippen LogP contribution is 2.31. The van der Waals surface area contributed by atoms with Gasteiger partial charge in [-0.25, -0.2) is 4.98 Å². The standard InChI is InChI=1S/C16H22N2O2S/c1-5-20-14-8-6-7-13(15(14)19-4)9-17-12(3)16-18-11(2)10-21-16/h6-8,10,12,17H,5,9H2,1-4H3. The Morgan fingerprint density at radius 3 is 2.81 bits per heavy atom. The van der Waals surface area contributed by atoms with E-state index in [-0.39, 0.29) is 6.04 Å². The summed E-state index contributed by atoms with van der Waals surface area (Å²) in [5.74, 6) is 1.59. The first-order valence-corrected chi connectivity index (χ1v) is 7.97. The minimum absolute atomic E-state index is 0.212. The average molecular weight is 306 g/mol. The van der Waals surface area contributed by atoms with Crippen LogP contribution in [0.4, 0.5) is 0 Å². The molecule has 21 heavy (non-hydrogen) atoms. The molecule has 0 amide bonds. The third-order valence-corrected chi connectivity index (χ3v) is 4.32. The van der Waals surface area contributed by atoms with Gasteiger partial charge in [-0.2, -0.15) is 0 Å². The van der Waals surface area contributed by atoms with Crippen LogP contribution in [0.15, 0.2) is 23.6 Å². The minimum Gasteiger partial charge on any atom is -0.493 e. The van der Waals surface area contributed by atoms with Crippen LogP contribution in [0.2, 0.25) is 0 Å². The summed E-state index contributed by atoms with van der Waals surface area (Å²) in [5, 5.41) is 6.66. The minimum atomic E-state index is 0.212. The number of nitrogens with one attached hydrogen (secondary N) is 1. The van der Waals surface area contributed by atoms with Gasteiger partial charge in [0.2, 0.25) is 0 Å². The Labute approximate surface area is 130 Å². The largest absolute Gasteiger partial charge is 0.493 e. The molecule has 2 aromatic rings. The Balaban J connectivity index is 2.07. The number of thiazole rings is 1. The number of hydrogen-bond donors (Lipinski definition) is 1. The van der Waals surface area contributed by atoms with Gasteiger partial charge >= 0.3 is 0 Å². The molecule has 2 rings (SSSR count). The van der Waals surface area contributed by atoms with Crippen LogP contribution in [0.3, 0.4) is 0 Å². The van der Waals surface area contributed by atoms with Gasteiger partial charge in [-0.05, 0) is 26.8 Å². The van der Waals surface area contributed by atoms with Gasteiger partial charge in [0.05, 0.1) is 19.8 Å². The fraction of sp³-hybridized carbons (Fsp3) is 0.438. The van der Waals surface area contributed by atoms with Crippen molar-refractivity contribution in [3.8, 4) is 11.5 Å². The number of benzene rings is 1. The Morgan fingerprint density at radius 1 is 1.38 bits per heavy atom. The number of rotatable bonds is 7. The molecule has 0 spiro atoms. The lowest BCUT2D eigenvalue weighted by Gasteiger charge is -2.16. The lowest BCUT2D eigenvalue weighted by Crippen LogP contribution is -2.18. The Kier molecular flexibility index (Phi) is 5.59. The molecular formula is C16H22N2O2S. The quantitative estimate of drug-likeness (QED) is 0.847. The normalized spacial score (nSPS) is 12.2. The molecule has 1 atom stereocenters. The maximum absolute atomic E-state index is 5.60. The molecule has 0 aliphatic carbocycles. The molecule has 0 radical (unpaired) electrons. The van der Waals surface area contributed by atoms with Crippen molar-refractivity contribution in [2.24, 2.45) is 0 Å². The van der Waals surface area contributed by atoms with Gasteiger partial charge in [0.15, 0.2) is 11.5 Å². The van der Waals surface area contributed by atoms with Crippen LogP contribution in [0.1, 0.15) is 36.2 Å². The van der Waals surface area contributed by atoms with Crippen LogP contribution in [-0.4, -0.2) is 18.7 Å². The van der Waals surface area contributed by atoms with Gasteiger partial charge in [0.1, 0.15) is 5.01 Å². The molecule has 0 aliphatic rings. The van der Waals surface area contributed by atoms with Gasteiger partial charge in [0.25, 0.3) is 0 Å². The molecule has 0 bridgehead atoms. The summed E-state index contributed by atoms with van der Waals surface area (Å²) in [7, 11) is 1.68. The van der Waals surface area contributed by atoms with Crippen molar-refractivity contribution >= 4 is 11.3 Å². The van der Waals surface area contributed by atoms with Crippen molar-refractivity contribution in [2.45, 2.75) is 33.4 Å². The van der Waals surface area contributed by atoms with Crippen LogP contribution >= 0.6 is 11.3 Å². The summed E-state index contributed by atoms with van der Waals surface area (Å²) < 4.78 is 11.1. The number of para-hydroxylation sites is 1. The topological polar surface area (TPSA) is 43.4 Å². The first-order chi connectivity index (χ1) is 10.2.